The summed E-state index contributed by atoms with van der Waals surface area (Å²) < 4.78 is 8.96. The van der Waals surface area contributed by atoms with Gasteiger partial charge in [0.15, 0.2) is 11.0 Å². The molecule has 0 saturated carbocycles. The van der Waals surface area contributed by atoms with Crippen LogP contribution in [0.25, 0.3) is 0 Å². The van der Waals surface area contributed by atoms with Crippen LogP contribution in [0.2, 0.25) is 0 Å². The quantitative estimate of drug-likeness (QED) is 0.375. The normalized spacial score (nSPS) is 11.1. The Kier molecular flexibility index (Phi) is 8.00. The number of nitrogens with one attached hydrogen (secondary N) is 1. The van der Waals surface area contributed by atoms with Crippen LogP contribution in [-0.4, -0.2) is 26.4 Å². The van der Waals surface area contributed by atoms with E-state index in [9.17, 15) is 4.79 Å². The largest absolute Gasteiger partial charge is 0.485 e. The van der Waals surface area contributed by atoms with Crippen LogP contribution in [0.4, 0.5) is 5.69 Å². The van der Waals surface area contributed by atoms with E-state index in [1.54, 1.807) is 0 Å². The molecule has 1 heterocycles. The van der Waals surface area contributed by atoms with Gasteiger partial charge in [0.05, 0.1) is 5.75 Å². The Morgan fingerprint density at radius 1 is 1.16 bits per heavy atom. The van der Waals surface area contributed by atoms with E-state index in [0.29, 0.717) is 23.5 Å². The third-order valence-electron chi connectivity index (χ3n) is 5.17. The van der Waals surface area contributed by atoms with Crippen molar-refractivity contribution in [3.8, 4) is 5.75 Å². The first-order valence-electron chi connectivity index (χ1n) is 10.5. The van der Waals surface area contributed by atoms with E-state index in [0.717, 1.165) is 32.6 Å². The smallest absolute Gasteiger partial charge is 0.234 e. The van der Waals surface area contributed by atoms with Crippen LogP contribution in [0, 0.1) is 20.8 Å². The topological polar surface area (TPSA) is 69.0 Å². The molecule has 32 heavy (non-hydrogen) atoms. The highest BCUT2D eigenvalue weighted by Gasteiger charge is 2.15. The van der Waals surface area contributed by atoms with Crippen molar-refractivity contribution in [3.05, 3.63) is 62.9 Å². The summed E-state index contributed by atoms with van der Waals surface area (Å²) in [6.45, 7) is 10.6. The van der Waals surface area contributed by atoms with Crippen LogP contribution in [0.3, 0.4) is 0 Å². The second kappa shape index (κ2) is 10.5. The van der Waals surface area contributed by atoms with Crippen LogP contribution in [0.15, 0.2) is 40.0 Å². The van der Waals surface area contributed by atoms with Crippen molar-refractivity contribution >= 4 is 39.3 Å². The number of thioether (sulfide) groups is 1. The molecule has 1 N–H and O–H groups in total. The molecule has 0 aliphatic rings. The van der Waals surface area contributed by atoms with Crippen LogP contribution < -0.4 is 10.1 Å². The monoisotopic (exact) mass is 516 g/mol. The van der Waals surface area contributed by atoms with Crippen molar-refractivity contribution in [3.63, 3.8) is 0 Å². The highest BCUT2D eigenvalue weighted by molar-refractivity contribution is 9.10. The van der Waals surface area contributed by atoms with Crippen molar-refractivity contribution in [2.24, 2.45) is 7.05 Å². The van der Waals surface area contributed by atoms with Crippen molar-refractivity contribution in [1.29, 1.82) is 0 Å². The van der Waals surface area contributed by atoms with Gasteiger partial charge in [0, 0.05) is 17.2 Å². The number of nitrogens with zero attached hydrogens (tertiary/aromatic N) is 3. The van der Waals surface area contributed by atoms with Gasteiger partial charge in [0.2, 0.25) is 5.91 Å². The third kappa shape index (κ3) is 5.92. The van der Waals surface area contributed by atoms with Gasteiger partial charge < -0.3 is 14.6 Å². The number of hydrogen-bond donors (Lipinski definition) is 1. The summed E-state index contributed by atoms with van der Waals surface area (Å²) in [5, 5.41) is 12.2. The minimum Gasteiger partial charge on any atom is -0.485 e. The summed E-state index contributed by atoms with van der Waals surface area (Å²) in [6.07, 6.45) is 0. The molecular formula is C24H29BrN4O2S. The van der Waals surface area contributed by atoms with E-state index in [-0.39, 0.29) is 11.7 Å². The number of carbonyl (C=O) groups is 1. The molecule has 0 unspecified atom stereocenters. The molecule has 0 aliphatic heterocycles. The number of benzene rings is 2. The van der Waals surface area contributed by atoms with E-state index in [1.807, 2.05) is 37.6 Å². The first kappa shape index (κ1) is 24.3. The number of carbonyl (C=O) groups excluding carboxylic acids is 1. The molecule has 170 valence electrons. The van der Waals surface area contributed by atoms with Gasteiger partial charge in [0.1, 0.15) is 12.4 Å². The molecule has 0 saturated heterocycles. The number of hydrogen-bond acceptors (Lipinski definition) is 5. The molecule has 0 aliphatic carbocycles. The molecule has 0 fully saturated rings. The molecule has 1 aromatic heterocycles. The summed E-state index contributed by atoms with van der Waals surface area (Å²) in [5.41, 5.74) is 5.21. The van der Waals surface area contributed by atoms with Crippen LogP contribution in [0.1, 0.15) is 47.8 Å². The molecule has 6 nitrogen and oxygen atoms in total. The average molecular weight is 517 g/mol. The Hall–Kier alpha value is -2.32. The predicted molar refractivity (Wildman–Crippen MR) is 134 cm³/mol. The number of halogens is 1. The van der Waals surface area contributed by atoms with Gasteiger partial charge >= 0.3 is 0 Å². The molecule has 3 rings (SSSR count). The lowest BCUT2D eigenvalue weighted by Gasteiger charge is -2.14. The lowest BCUT2D eigenvalue weighted by molar-refractivity contribution is -0.113. The molecule has 0 radical (unpaired) electrons. The number of anilines is 1. The highest BCUT2D eigenvalue weighted by atomic mass is 79.9. The van der Waals surface area contributed by atoms with Crippen molar-refractivity contribution in [2.75, 3.05) is 11.1 Å². The summed E-state index contributed by atoms with van der Waals surface area (Å²) in [4.78, 5) is 12.5. The number of aryl methyl sites for hydroxylation is 3. The predicted octanol–water partition coefficient (Wildman–Crippen LogP) is 5.94. The Morgan fingerprint density at radius 3 is 2.50 bits per heavy atom. The van der Waals surface area contributed by atoms with E-state index in [1.165, 1.54) is 17.3 Å². The molecule has 1 amide bonds. The Balaban J connectivity index is 1.61. The number of rotatable bonds is 8. The van der Waals surface area contributed by atoms with Crippen molar-refractivity contribution < 1.29 is 9.53 Å². The summed E-state index contributed by atoms with van der Waals surface area (Å²) in [7, 11) is 1.89. The minimum atomic E-state index is -0.0781. The van der Waals surface area contributed by atoms with Crippen LogP contribution >= 0.6 is 27.7 Å². The van der Waals surface area contributed by atoms with Gasteiger partial charge in [-0.3, -0.25) is 4.79 Å². The fourth-order valence-electron chi connectivity index (χ4n) is 3.40. The van der Waals surface area contributed by atoms with E-state index in [2.05, 4.69) is 70.4 Å². The lowest BCUT2D eigenvalue weighted by atomic mass is 10.0. The molecule has 0 spiro atoms. The number of aromatic nitrogens is 3. The summed E-state index contributed by atoms with van der Waals surface area (Å²) in [6, 6.07) is 10.2. The molecule has 8 heteroatoms. The average Bonchev–Trinajstić information content (AvgIpc) is 3.07. The number of ether oxygens (including phenoxy) is 1. The van der Waals surface area contributed by atoms with E-state index in [4.69, 9.17) is 4.74 Å². The lowest BCUT2D eigenvalue weighted by Crippen LogP contribution is -2.16. The summed E-state index contributed by atoms with van der Waals surface area (Å²) >= 11 is 4.84. The van der Waals surface area contributed by atoms with Crippen molar-refractivity contribution in [2.45, 2.75) is 52.3 Å². The highest BCUT2D eigenvalue weighted by Crippen LogP contribution is 2.29. The van der Waals surface area contributed by atoms with Crippen LogP contribution in [0.5, 0.6) is 5.75 Å². The standard InChI is InChI=1S/C24H29BrN4O2S/c1-14(2)19-8-7-15(3)9-20(19)31-12-21-27-28-24(29(21)6)32-13-22(30)26-23-16(4)10-18(25)11-17(23)5/h7-11,14H,12-13H2,1-6H3,(H,26,30). The molecule has 3 aromatic rings. The maximum Gasteiger partial charge on any atom is 0.234 e. The zero-order valence-corrected chi connectivity index (χ0v) is 21.7. The maximum absolute atomic E-state index is 12.5. The third-order valence-corrected chi connectivity index (χ3v) is 6.65. The second-order valence-corrected chi connectivity index (χ2v) is 10.1. The maximum atomic E-state index is 12.5. The molecular weight excluding hydrogens is 488 g/mol. The Morgan fingerprint density at radius 2 is 1.84 bits per heavy atom. The molecule has 0 atom stereocenters. The fourth-order valence-corrected chi connectivity index (χ4v) is 4.81. The minimum absolute atomic E-state index is 0.0781. The first-order chi connectivity index (χ1) is 15.2. The zero-order valence-electron chi connectivity index (χ0n) is 19.3. The Labute approximate surface area is 202 Å². The van der Waals surface area contributed by atoms with Gasteiger partial charge in [-0.15, -0.1) is 10.2 Å². The zero-order chi connectivity index (χ0) is 23.4. The fraction of sp³-hybridized carbons (Fsp3) is 0.375. The van der Waals surface area contributed by atoms with Gasteiger partial charge in [0.25, 0.3) is 0 Å². The van der Waals surface area contributed by atoms with E-state index < -0.39 is 0 Å². The SMILES string of the molecule is Cc1ccc(C(C)C)c(OCc2nnc(SCC(=O)Nc3c(C)cc(Br)cc3C)n2C)c1. The Bertz CT molecular complexity index is 1100. The second-order valence-electron chi connectivity index (χ2n) is 8.19. The van der Waals surface area contributed by atoms with Crippen LogP contribution in [-0.2, 0) is 18.4 Å². The molecule has 0 bridgehead atoms. The summed E-state index contributed by atoms with van der Waals surface area (Å²) in [5.74, 6) is 2.12. The van der Waals surface area contributed by atoms with E-state index >= 15 is 0 Å². The van der Waals surface area contributed by atoms with Gasteiger partial charge in [-0.1, -0.05) is 53.7 Å². The van der Waals surface area contributed by atoms with Gasteiger partial charge in [-0.2, -0.15) is 0 Å². The van der Waals surface area contributed by atoms with Gasteiger partial charge in [-0.25, -0.2) is 0 Å². The first-order valence-corrected chi connectivity index (χ1v) is 12.2. The van der Waals surface area contributed by atoms with Crippen molar-refractivity contribution in [1.82, 2.24) is 14.8 Å². The molecule has 2 aromatic carbocycles. The van der Waals surface area contributed by atoms with Gasteiger partial charge in [-0.05, 0) is 67.1 Å². The number of amides is 1.